The van der Waals surface area contributed by atoms with Crippen molar-refractivity contribution in [2.24, 2.45) is 0 Å². The number of benzene rings is 2. The van der Waals surface area contributed by atoms with E-state index in [1.165, 1.54) is 0 Å². The number of aliphatic hydroxyl groups is 1. The van der Waals surface area contributed by atoms with Gasteiger partial charge in [0.05, 0.1) is 11.2 Å². The summed E-state index contributed by atoms with van der Waals surface area (Å²) in [6.07, 6.45) is 3.67. The molecule has 2 heterocycles. The van der Waals surface area contributed by atoms with Crippen LogP contribution in [0.5, 0.6) is 0 Å². The van der Waals surface area contributed by atoms with E-state index in [0.717, 1.165) is 38.2 Å². The van der Waals surface area contributed by atoms with Crippen molar-refractivity contribution in [1.29, 1.82) is 0 Å². The highest BCUT2D eigenvalue weighted by Gasteiger charge is 2.36. The monoisotopic (exact) mass is 346 g/mol. The fourth-order valence-electron chi connectivity index (χ4n) is 2.93. The molecule has 0 fully saturated rings. The predicted octanol–water partition coefficient (Wildman–Crippen LogP) is 3.94. The van der Waals surface area contributed by atoms with Gasteiger partial charge in [-0.1, -0.05) is 24.3 Å². The van der Waals surface area contributed by atoms with Crippen molar-refractivity contribution >= 4 is 45.7 Å². The van der Waals surface area contributed by atoms with Gasteiger partial charge in [0, 0.05) is 28.6 Å². The van der Waals surface area contributed by atoms with Crippen LogP contribution in [0.3, 0.4) is 0 Å². The van der Waals surface area contributed by atoms with E-state index in [-0.39, 0.29) is 0 Å². The molecule has 2 aromatic heterocycles. The van der Waals surface area contributed by atoms with Crippen molar-refractivity contribution in [2.45, 2.75) is 38.9 Å². The van der Waals surface area contributed by atoms with Gasteiger partial charge in [0.2, 0.25) is 0 Å². The van der Waals surface area contributed by atoms with Gasteiger partial charge >= 0.3 is 7.48 Å². The maximum absolute atomic E-state index is 10.3. The van der Waals surface area contributed by atoms with Crippen molar-refractivity contribution in [3.05, 3.63) is 48.8 Å². The molecule has 2 aromatic carbocycles. The van der Waals surface area contributed by atoms with Gasteiger partial charge < -0.3 is 14.2 Å². The van der Waals surface area contributed by atoms with Gasteiger partial charge in [0.25, 0.3) is 0 Å². The quantitative estimate of drug-likeness (QED) is 0.569. The first kappa shape index (κ1) is 17.1. The number of hydrogen-bond donors (Lipinski definition) is 1. The number of rotatable bonds is 4. The van der Waals surface area contributed by atoms with Crippen LogP contribution in [0.1, 0.15) is 27.7 Å². The Morgan fingerprint density at radius 2 is 1.85 bits per heavy atom. The average Bonchev–Trinajstić information content (AvgIpc) is 2.98. The second kappa shape index (κ2) is 5.83. The average molecular weight is 346 g/mol. The number of furan rings is 1. The van der Waals surface area contributed by atoms with Crippen LogP contribution in [-0.2, 0) is 4.65 Å². The molecule has 0 bridgehead atoms. The zero-order valence-corrected chi connectivity index (χ0v) is 15.4. The maximum atomic E-state index is 10.3. The highest BCUT2D eigenvalue weighted by atomic mass is 16.5. The van der Waals surface area contributed by atoms with Crippen LogP contribution in [0, 0.1) is 0 Å². The molecule has 5 heteroatoms. The van der Waals surface area contributed by atoms with E-state index in [0.29, 0.717) is 0 Å². The largest absolute Gasteiger partial charge is 0.457 e. The fraction of sp³-hybridized carbons (Fsp3) is 0.286. The topological polar surface area (TPSA) is 55.5 Å². The van der Waals surface area contributed by atoms with Crippen molar-refractivity contribution in [3.8, 4) is 0 Å². The molecule has 4 nitrogen and oxygen atoms in total. The van der Waals surface area contributed by atoms with E-state index in [1.54, 1.807) is 27.5 Å². The molecule has 1 radical (unpaired) electrons. The fourth-order valence-corrected chi connectivity index (χ4v) is 2.93. The number of aromatic nitrogens is 1. The number of hydrogen-bond acceptors (Lipinski definition) is 4. The Balaban J connectivity index is 1.84. The lowest BCUT2D eigenvalue weighted by molar-refractivity contribution is -0.0893. The minimum Gasteiger partial charge on any atom is -0.457 e. The van der Waals surface area contributed by atoms with Gasteiger partial charge in [-0.05, 0) is 50.7 Å². The van der Waals surface area contributed by atoms with Crippen LogP contribution in [-0.4, -0.2) is 28.8 Å². The number of para-hydroxylation sites is 1. The third-order valence-corrected chi connectivity index (χ3v) is 5.27. The van der Waals surface area contributed by atoms with E-state index < -0.39 is 11.2 Å². The lowest BCUT2D eigenvalue weighted by Gasteiger charge is -2.37. The Hall–Kier alpha value is -2.37. The molecule has 0 atom stereocenters. The van der Waals surface area contributed by atoms with Crippen molar-refractivity contribution < 1.29 is 14.2 Å². The van der Waals surface area contributed by atoms with Crippen LogP contribution in [0.4, 0.5) is 0 Å². The number of pyridine rings is 1. The first-order valence-electron chi connectivity index (χ1n) is 8.69. The molecule has 4 aromatic rings. The minimum absolute atomic E-state index is 0.738. The number of nitrogens with zero attached hydrogens (tertiary/aromatic N) is 1. The lowest BCUT2D eigenvalue weighted by Crippen LogP contribution is -2.49. The zero-order valence-electron chi connectivity index (χ0n) is 15.4. The van der Waals surface area contributed by atoms with Crippen LogP contribution in [0.25, 0.3) is 32.7 Å². The summed E-state index contributed by atoms with van der Waals surface area (Å²) in [5, 5.41) is 14.6. The first-order chi connectivity index (χ1) is 12.3. The summed E-state index contributed by atoms with van der Waals surface area (Å²) >= 11 is 0. The van der Waals surface area contributed by atoms with E-state index in [9.17, 15) is 5.11 Å². The molecule has 26 heavy (non-hydrogen) atoms. The summed E-state index contributed by atoms with van der Waals surface area (Å²) in [5.41, 5.74) is 0.715. The van der Waals surface area contributed by atoms with Crippen molar-refractivity contribution in [3.63, 3.8) is 0 Å². The van der Waals surface area contributed by atoms with Gasteiger partial charge in [-0.15, -0.1) is 0 Å². The van der Waals surface area contributed by atoms with Crippen LogP contribution in [0.15, 0.2) is 53.2 Å². The Morgan fingerprint density at radius 1 is 1.04 bits per heavy atom. The highest BCUT2D eigenvalue weighted by Crippen LogP contribution is 2.33. The Kier molecular flexibility index (Phi) is 3.83. The SMILES string of the molecule is CC(C)(O)C(C)(C)O[B]c1cccc2c1oc1ccc3ccncc3c12. The summed E-state index contributed by atoms with van der Waals surface area (Å²) in [4.78, 5) is 4.27. The second-order valence-corrected chi connectivity index (χ2v) is 7.67. The second-order valence-electron chi connectivity index (χ2n) is 7.67. The molecule has 0 aliphatic rings. The van der Waals surface area contributed by atoms with Crippen LogP contribution < -0.4 is 5.46 Å². The van der Waals surface area contributed by atoms with Crippen molar-refractivity contribution in [1.82, 2.24) is 4.98 Å². The molecule has 0 unspecified atom stereocenters. The van der Waals surface area contributed by atoms with Crippen LogP contribution in [0.2, 0.25) is 0 Å². The summed E-state index contributed by atoms with van der Waals surface area (Å²) in [5.74, 6) is 0. The molecule has 1 N–H and O–H groups in total. The minimum atomic E-state index is -0.979. The molecule has 4 rings (SSSR count). The van der Waals surface area contributed by atoms with Gasteiger partial charge in [0.1, 0.15) is 11.2 Å². The smallest absolute Gasteiger partial charge is 0.334 e. The third kappa shape index (κ3) is 2.68. The predicted molar refractivity (Wildman–Crippen MR) is 106 cm³/mol. The molecule has 0 aliphatic heterocycles. The van der Waals surface area contributed by atoms with Crippen molar-refractivity contribution in [2.75, 3.05) is 0 Å². The summed E-state index contributed by atoms with van der Waals surface area (Å²) < 4.78 is 12.1. The Morgan fingerprint density at radius 3 is 2.62 bits per heavy atom. The van der Waals surface area contributed by atoms with Crippen LogP contribution >= 0.6 is 0 Å². The van der Waals surface area contributed by atoms with E-state index in [2.05, 4.69) is 4.98 Å². The molecule has 0 aliphatic carbocycles. The molecule has 0 spiro atoms. The van der Waals surface area contributed by atoms with Gasteiger partial charge in [-0.25, -0.2) is 0 Å². The Bertz CT molecular complexity index is 1110. The standard InChI is InChI=1S/C21H21BNO3/c1-20(2,24)21(3,4)26-22-16-7-5-6-14-18-15-12-23-11-10-13(15)8-9-17(18)25-19(14)16/h5-12,24H,1-4H3. The summed E-state index contributed by atoms with van der Waals surface area (Å²) in [6.45, 7) is 7.20. The maximum Gasteiger partial charge on any atom is 0.334 e. The molecule has 0 amide bonds. The van der Waals surface area contributed by atoms with Gasteiger partial charge in [-0.3, -0.25) is 4.98 Å². The highest BCUT2D eigenvalue weighted by molar-refractivity contribution is 6.51. The van der Waals surface area contributed by atoms with E-state index in [1.807, 2.05) is 56.4 Å². The normalized spacial score (nSPS) is 13.0. The molecular formula is C21H21BNO3. The Labute approximate surface area is 153 Å². The van der Waals surface area contributed by atoms with Gasteiger partial charge in [-0.2, -0.15) is 0 Å². The molecule has 131 valence electrons. The lowest BCUT2D eigenvalue weighted by atomic mass is 9.82. The molecular weight excluding hydrogens is 325 g/mol. The zero-order chi connectivity index (χ0) is 18.5. The third-order valence-electron chi connectivity index (χ3n) is 5.27. The van der Waals surface area contributed by atoms with E-state index in [4.69, 9.17) is 9.07 Å². The molecule has 0 saturated carbocycles. The summed E-state index contributed by atoms with van der Waals surface area (Å²) in [7, 11) is 1.67. The van der Waals surface area contributed by atoms with Gasteiger partial charge in [0.15, 0.2) is 0 Å². The molecule has 0 saturated heterocycles. The number of fused-ring (bicyclic) bond motifs is 5. The first-order valence-corrected chi connectivity index (χ1v) is 8.69. The summed E-state index contributed by atoms with van der Waals surface area (Å²) in [6, 6.07) is 12.0. The van der Waals surface area contributed by atoms with E-state index >= 15 is 0 Å².